The van der Waals surface area contributed by atoms with E-state index in [0.29, 0.717) is 13.0 Å². The first kappa shape index (κ1) is 18.5. The minimum Gasteiger partial charge on any atom is -0.381 e. The Kier molecular flexibility index (Phi) is 6.28. The van der Waals surface area contributed by atoms with Gasteiger partial charge in [0.1, 0.15) is 5.82 Å². The molecular weight excluding hydrogens is 328 g/mol. The Morgan fingerprint density at radius 1 is 1.31 bits per heavy atom. The van der Waals surface area contributed by atoms with E-state index in [1.807, 2.05) is 31.3 Å². The quantitative estimate of drug-likeness (QED) is 0.863. The van der Waals surface area contributed by atoms with Gasteiger partial charge in [-0.25, -0.2) is 9.97 Å². The third-order valence-corrected chi connectivity index (χ3v) is 4.92. The highest BCUT2D eigenvalue weighted by molar-refractivity contribution is 5.78. The topological polar surface area (TPSA) is 77.0 Å². The van der Waals surface area contributed by atoms with Gasteiger partial charge in [0.25, 0.3) is 0 Å². The van der Waals surface area contributed by atoms with Gasteiger partial charge in [0.05, 0.1) is 17.5 Å². The average Bonchev–Trinajstić information content (AvgIpc) is 2.69. The Morgan fingerprint density at radius 3 is 2.96 bits per heavy atom. The summed E-state index contributed by atoms with van der Waals surface area (Å²) in [6.45, 7) is 2.43. The van der Waals surface area contributed by atoms with Crippen LogP contribution in [0.15, 0.2) is 30.6 Å². The van der Waals surface area contributed by atoms with Crippen LogP contribution in [0.4, 0.5) is 0 Å². The van der Waals surface area contributed by atoms with Crippen molar-refractivity contribution in [3.63, 3.8) is 0 Å². The largest absolute Gasteiger partial charge is 0.381 e. The van der Waals surface area contributed by atoms with Crippen molar-refractivity contribution in [2.24, 2.45) is 5.92 Å². The molecular formula is C20H26N4O2. The molecule has 1 amide bonds. The Balaban J connectivity index is 1.61. The summed E-state index contributed by atoms with van der Waals surface area (Å²) in [7, 11) is 1.72. The molecule has 6 nitrogen and oxygen atoms in total. The molecule has 0 aliphatic heterocycles. The van der Waals surface area contributed by atoms with Crippen LogP contribution < -0.4 is 5.32 Å². The molecule has 1 fully saturated rings. The third-order valence-electron chi connectivity index (χ3n) is 4.92. The van der Waals surface area contributed by atoms with Gasteiger partial charge in [-0.1, -0.05) is 12.5 Å². The first-order valence-corrected chi connectivity index (χ1v) is 9.22. The lowest BCUT2D eigenvalue weighted by atomic mass is 9.86. The minimum atomic E-state index is 0.0519. The SMILES string of the molecule is CO[C@@H]1CCC[C@H](C(=O)NCCc2nc(C)ncc2-c2ccccn2)C1. The Morgan fingerprint density at radius 2 is 2.19 bits per heavy atom. The molecule has 2 heterocycles. The Bertz CT molecular complexity index is 736. The second kappa shape index (κ2) is 8.85. The number of aromatic nitrogens is 3. The maximum Gasteiger partial charge on any atom is 0.223 e. The van der Waals surface area contributed by atoms with E-state index in [2.05, 4.69) is 20.3 Å². The highest BCUT2D eigenvalue weighted by Gasteiger charge is 2.26. The van der Waals surface area contributed by atoms with Gasteiger partial charge in [-0.2, -0.15) is 0 Å². The van der Waals surface area contributed by atoms with Gasteiger partial charge >= 0.3 is 0 Å². The van der Waals surface area contributed by atoms with Crippen LogP contribution in [-0.2, 0) is 16.0 Å². The number of nitrogens with one attached hydrogen (secondary N) is 1. The number of carbonyl (C=O) groups is 1. The predicted octanol–water partition coefficient (Wildman–Crippen LogP) is 2.71. The summed E-state index contributed by atoms with van der Waals surface area (Å²) >= 11 is 0. The van der Waals surface area contributed by atoms with E-state index < -0.39 is 0 Å². The summed E-state index contributed by atoms with van der Waals surface area (Å²) in [6.07, 6.45) is 8.29. The van der Waals surface area contributed by atoms with Crippen LogP contribution in [0.2, 0.25) is 0 Å². The Hall–Kier alpha value is -2.34. The lowest BCUT2D eigenvalue weighted by Gasteiger charge is -2.27. The van der Waals surface area contributed by atoms with E-state index in [1.165, 1.54) is 0 Å². The third kappa shape index (κ3) is 4.64. The number of ether oxygens (including phenoxy) is 1. The summed E-state index contributed by atoms with van der Waals surface area (Å²) in [4.78, 5) is 25.7. The molecule has 3 rings (SSSR count). The fraction of sp³-hybridized carbons (Fsp3) is 0.500. The van der Waals surface area contributed by atoms with Crippen LogP contribution in [0.25, 0.3) is 11.3 Å². The number of methoxy groups -OCH3 is 1. The van der Waals surface area contributed by atoms with Crippen LogP contribution in [-0.4, -0.2) is 40.6 Å². The summed E-state index contributed by atoms with van der Waals surface area (Å²) in [5.41, 5.74) is 2.68. The molecule has 0 radical (unpaired) electrons. The number of hydrogen-bond acceptors (Lipinski definition) is 5. The van der Waals surface area contributed by atoms with Crippen LogP contribution >= 0.6 is 0 Å². The van der Waals surface area contributed by atoms with E-state index >= 15 is 0 Å². The molecule has 6 heteroatoms. The number of nitrogens with zero attached hydrogens (tertiary/aromatic N) is 3. The highest BCUT2D eigenvalue weighted by Crippen LogP contribution is 2.26. The van der Waals surface area contributed by atoms with Crippen molar-refractivity contribution in [2.45, 2.75) is 45.1 Å². The summed E-state index contributed by atoms with van der Waals surface area (Å²) in [6, 6.07) is 5.78. The predicted molar refractivity (Wildman–Crippen MR) is 99.5 cm³/mol. The van der Waals surface area contributed by atoms with E-state index in [0.717, 1.165) is 48.5 Å². The molecule has 1 saturated carbocycles. The molecule has 2 aromatic heterocycles. The van der Waals surface area contributed by atoms with Crippen molar-refractivity contribution in [2.75, 3.05) is 13.7 Å². The molecule has 2 aromatic rings. The van der Waals surface area contributed by atoms with Crippen molar-refractivity contribution in [1.82, 2.24) is 20.3 Å². The first-order chi connectivity index (χ1) is 12.7. The van der Waals surface area contributed by atoms with Gasteiger partial charge < -0.3 is 10.1 Å². The van der Waals surface area contributed by atoms with Gasteiger partial charge in [0.15, 0.2) is 0 Å². The fourth-order valence-electron chi connectivity index (χ4n) is 3.49. The molecule has 2 atom stereocenters. The maximum absolute atomic E-state index is 12.5. The van der Waals surface area contributed by atoms with Crippen molar-refractivity contribution in [1.29, 1.82) is 0 Å². The van der Waals surface area contributed by atoms with E-state index in [1.54, 1.807) is 13.3 Å². The zero-order chi connectivity index (χ0) is 18.4. The van der Waals surface area contributed by atoms with Crippen LogP contribution in [0, 0.1) is 12.8 Å². The number of pyridine rings is 1. The molecule has 26 heavy (non-hydrogen) atoms. The molecule has 0 bridgehead atoms. The molecule has 0 unspecified atom stereocenters. The number of amides is 1. The average molecular weight is 354 g/mol. The van der Waals surface area contributed by atoms with Gasteiger partial charge in [-0.05, 0) is 38.3 Å². The van der Waals surface area contributed by atoms with Crippen LogP contribution in [0.5, 0.6) is 0 Å². The van der Waals surface area contributed by atoms with E-state index in [4.69, 9.17) is 4.74 Å². The molecule has 1 N–H and O–H groups in total. The smallest absolute Gasteiger partial charge is 0.223 e. The molecule has 1 aliphatic rings. The molecule has 0 aromatic carbocycles. The molecule has 0 saturated heterocycles. The summed E-state index contributed by atoms with van der Waals surface area (Å²) < 4.78 is 5.42. The van der Waals surface area contributed by atoms with E-state index in [-0.39, 0.29) is 17.9 Å². The number of carbonyl (C=O) groups excluding carboxylic acids is 1. The van der Waals surface area contributed by atoms with Gasteiger partial charge in [0, 0.05) is 44.0 Å². The van der Waals surface area contributed by atoms with Crippen LogP contribution in [0.3, 0.4) is 0 Å². The Labute approximate surface area is 154 Å². The van der Waals surface area contributed by atoms with Crippen LogP contribution in [0.1, 0.15) is 37.2 Å². The molecule has 138 valence electrons. The maximum atomic E-state index is 12.5. The van der Waals surface area contributed by atoms with Gasteiger partial charge in [-0.3, -0.25) is 9.78 Å². The van der Waals surface area contributed by atoms with Crippen molar-refractivity contribution in [3.8, 4) is 11.3 Å². The second-order valence-corrected chi connectivity index (χ2v) is 6.75. The fourth-order valence-corrected chi connectivity index (χ4v) is 3.49. The lowest BCUT2D eigenvalue weighted by molar-refractivity contribution is -0.127. The van der Waals surface area contributed by atoms with Gasteiger partial charge in [0.2, 0.25) is 5.91 Å². The standard InChI is InChI=1S/C20H26N4O2/c1-14-23-13-17(18-8-3-4-10-21-18)19(24-14)9-11-22-20(25)15-6-5-7-16(12-15)26-2/h3-4,8,10,13,15-16H,5-7,9,11-12H2,1-2H3,(H,22,25)/t15-,16+/m0/s1. The highest BCUT2D eigenvalue weighted by atomic mass is 16.5. The summed E-state index contributed by atoms with van der Waals surface area (Å²) in [5.74, 6) is 0.897. The van der Waals surface area contributed by atoms with Crippen molar-refractivity contribution in [3.05, 3.63) is 42.1 Å². The molecule has 1 aliphatic carbocycles. The normalized spacial score (nSPS) is 19.9. The van der Waals surface area contributed by atoms with Gasteiger partial charge in [-0.15, -0.1) is 0 Å². The lowest BCUT2D eigenvalue weighted by Crippen LogP contribution is -2.36. The second-order valence-electron chi connectivity index (χ2n) is 6.75. The van der Waals surface area contributed by atoms with Crippen molar-refractivity contribution >= 4 is 5.91 Å². The summed E-state index contributed by atoms with van der Waals surface area (Å²) in [5, 5.41) is 3.07. The monoisotopic (exact) mass is 354 g/mol. The first-order valence-electron chi connectivity index (χ1n) is 9.22. The van der Waals surface area contributed by atoms with E-state index in [9.17, 15) is 4.79 Å². The zero-order valence-electron chi connectivity index (χ0n) is 15.4. The molecule has 0 spiro atoms. The number of aryl methyl sites for hydroxylation is 1. The number of rotatable bonds is 6. The number of hydrogen-bond donors (Lipinski definition) is 1. The minimum absolute atomic E-state index is 0.0519. The van der Waals surface area contributed by atoms with Crippen molar-refractivity contribution < 1.29 is 9.53 Å². The zero-order valence-corrected chi connectivity index (χ0v) is 15.4.